The van der Waals surface area contributed by atoms with E-state index in [0.717, 1.165) is 36.8 Å². The minimum Gasteiger partial charge on any atom is -0.493 e. The van der Waals surface area contributed by atoms with Crippen molar-refractivity contribution in [1.29, 1.82) is 0 Å². The van der Waals surface area contributed by atoms with Crippen molar-refractivity contribution in [3.8, 4) is 11.5 Å². The molecular weight excluding hydrogens is 254 g/mol. The molecule has 1 N–H and O–H groups in total. The van der Waals surface area contributed by atoms with E-state index in [1.807, 2.05) is 6.07 Å². The fourth-order valence-electron chi connectivity index (χ4n) is 3.33. The molecule has 5 heteroatoms. The standard InChI is InChI=1S/C15H23N3O2/c1-19-14-5-7-16-13(15(14)20-2)10-18-8-6-11-3-4-12(9-18)17-11/h5,7,11-12,17H,3-4,6,8-10H2,1-2H3. The molecule has 2 aliphatic rings. The van der Waals surface area contributed by atoms with Crippen molar-refractivity contribution in [1.82, 2.24) is 15.2 Å². The van der Waals surface area contributed by atoms with Crippen LogP contribution in [0.3, 0.4) is 0 Å². The van der Waals surface area contributed by atoms with E-state index in [9.17, 15) is 0 Å². The fourth-order valence-corrected chi connectivity index (χ4v) is 3.33. The number of pyridine rings is 1. The molecule has 0 amide bonds. The highest BCUT2D eigenvalue weighted by Gasteiger charge is 2.29. The lowest BCUT2D eigenvalue weighted by Gasteiger charge is -2.24. The number of nitrogens with one attached hydrogen (secondary N) is 1. The second-order valence-electron chi connectivity index (χ2n) is 5.65. The van der Waals surface area contributed by atoms with Gasteiger partial charge in [0.1, 0.15) is 5.69 Å². The zero-order valence-electron chi connectivity index (χ0n) is 12.3. The quantitative estimate of drug-likeness (QED) is 0.902. The second kappa shape index (κ2) is 5.97. The molecule has 0 radical (unpaired) electrons. The molecule has 2 aliphatic heterocycles. The van der Waals surface area contributed by atoms with Crippen molar-refractivity contribution in [2.24, 2.45) is 0 Å². The minimum atomic E-state index is 0.638. The van der Waals surface area contributed by atoms with Crippen molar-refractivity contribution >= 4 is 0 Å². The average molecular weight is 277 g/mol. The predicted octanol–water partition coefficient (Wildman–Crippen LogP) is 1.43. The average Bonchev–Trinajstić information content (AvgIpc) is 2.81. The van der Waals surface area contributed by atoms with Crippen molar-refractivity contribution < 1.29 is 9.47 Å². The maximum absolute atomic E-state index is 5.47. The van der Waals surface area contributed by atoms with Crippen LogP contribution in [0.5, 0.6) is 11.5 Å². The third kappa shape index (κ3) is 2.74. The zero-order valence-corrected chi connectivity index (χ0v) is 12.3. The normalized spacial score (nSPS) is 26.3. The summed E-state index contributed by atoms with van der Waals surface area (Å²) in [6.45, 7) is 3.04. The van der Waals surface area contributed by atoms with E-state index in [0.29, 0.717) is 12.1 Å². The molecule has 110 valence electrons. The van der Waals surface area contributed by atoms with Crippen molar-refractivity contribution in [2.45, 2.75) is 37.9 Å². The van der Waals surface area contributed by atoms with Crippen LogP contribution in [-0.4, -0.2) is 49.3 Å². The minimum absolute atomic E-state index is 0.638. The van der Waals surface area contributed by atoms with Gasteiger partial charge in [0, 0.05) is 44.0 Å². The van der Waals surface area contributed by atoms with Crippen LogP contribution in [0.25, 0.3) is 0 Å². The highest BCUT2D eigenvalue weighted by atomic mass is 16.5. The molecule has 2 bridgehead atoms. The van der Waals surface area contributed by atoms with Gasteiger partial charge in [-0.2, -0.15) is 0 Å². The molecule has 3 rings (SSSR count). The Morgan fingerprint density at radius 2 is 2.10 bits per heavy atom. The Balaban J connectivity index is 1.74. The molecule has 0 aliphatic carbocycles. The summed E-state index contributed by atoms with van der Waals surface area (Å²) in [7, 11) is 3.34. The number of fused-ring (bicyclic) bond motifs is 2. The molecule has 5 nitrogen and oxygen atoms in total. The van der Waals surface area contributed by atoms with Gasteiger partial charge in [0.05, 0.1) is 14.2 Å². The number of ether oxygens (including phenoxy) is 2. The van der Waals surface area contributed by atoms with Gasteiger partial charge < -0.3 is 14.8 Å². The third-order valence-electron chi connectivity index (χ3n) is 4.35. The summed E-state index contributed by atoms with van der Waals surface area (Å²) < 4.78 is 10.8. The van der Waals surface area contributed by atoms with Crippen LogP contribution in [0, 0.1) is 0 Å². The molecular formula is C15H23N3O2. The topological polar surface area (TPSA) is 46.6 Å². The SMILES string of the molecule is COc1ccnc(CN2CCC3CCC(C2)N3)c1OC. The molecule has 1 aromatic heterocycles. The Labute approximate surface area is 120 Å². The number of hydrogen-bond donors (Lipinski definition) is 1. The Bertz CT molecular complexity index is 466. The highest BCUT2D eigenvalue weighted by Crippen LogP contribution is 2.30. The molecule has 2 saturated heterocycles. The van der Waals surface area contributed by atoms with E-state index < -0.39 is 0 Å². The number of nitrogens with zero attached hydrogens (tertiary/aromatic N) is 2. The molecule has 2 fully saturated rings. The molecule has 2 unspecified atom stereocenters. The van der Waals surface area contributed by atoms with E-state index in [2.05, 4.69) is 15.2 Å². The van der Waals surface area contributed by atoms with Gasteiger partial charge in [-0.25, -0.2) is 0 Å². The van der Waals surface area contributed by atoms with Gasteiger partial charge in [0.25, 0.3) is 0 Å². The lowest BCUT2D eigenvalue weighted by atomic mass is 10.1. The monoisotopic (exact) mass is 277 g/mol. The van der Waals surface area contributed by atoms with Crippen LogP contribution in [-0.2, 0) is 6.54 Å². The van der Waals surface area contributed by atoms with Crippen molar-refractivity contribution in [3.05, 3.63) is 18.0 Å². The maximum atomic E-state index is 5.47. The molecule has 1 aromatic rings. The van der Waals surface area contributed by atoms with E-state index in [1.165, 1.54) is 19.3 Å². The van der Waals surface area contributed by atoms with Crippen LogP contribution in [0.1, 0.15) is 25.0 Å². The molecule has 0 aromatic carbocycles. The van der Waals surface area contributed by atoms with Gasteiger partial charge in [-0.05, 0) is 19.3 Å². The van der Waals surface area contributed by atoms with Gasteiger partial charge in [0.15, 0.2) is 11.5 Å². The zero-order chi connectivity index (χ0) is 13.9. The van der Waals surface area contributed by atoms with E-state index >= 15 is 0 Å². The summed E-state index contributed by atoms with van der Waals surface area (Å²) in [6.07, 6.45) is 5.64. The number of likely N-dealkylation sites (tertiary alicyclic amines) is 1. The summed E-state index contributed by atoms with van der Waals surface area (Å²) in [4.78, 5) is 6.95. The van der Waals surface area contributed by atoms with Crippen LogP contribution in [0.4, 0.5) is 0 Å². The summed E-state index contributed by atoms with van der Waals surface area (Å²) in [6, 6.07) is 3.19. The third-order valence-corrected chi connectivity index (χ3v) is 4.35. The van der Waals surface area contributed by atoms with Crippen molar-refractivity contribution in [3.63, 3.8) is 0 Å². The molecule has 3 heterocycles. The first-order chi connectivity index (χ1) is 9.80. The Kier molecular flexibility index (Phi) is 4.08. The highest BCUT2D eigenvalue weighted by molar-refractivity contribution is 5.42. The Morgan fingerprint density at radius 1 is 1.25 bits per heavy atom. The van der Waals surface area contributed by atoms with Gasteiger partial charge in [-0.15, -0.1) is 0 Å². The van der Waals surface area contributed by atoms with Gasteiger partial charge >= 0.3 is 0 Å². The van der Waals surface area contributed by atoms with Crippen molar-refractivity contribution in [2.75, 3.05) is 27.3 Å². The number of methoxy groups -OCH3 is 2. The van der Waals surface area contributed by atoms with E-state index in [4.69, 9.17) is 9.47 Å². The number of rotatable bonds is 4. The number of aromatic nitrogens is 1. The first-order valence-corrected chi connectivity index (χ1v) is 7.34. The van der Waals surface area contributed by atoms with Crippen LogP contribution in [0.15, 0.2) is 12.3 Å². The Hall–Kier alpha value is -1.33. The first-order valence-electron chi connectivity index (χ1n) is 7.34. The van der Waals surface area contributed by atoms with E-state index in [1.54, 1.807) is 20.4 Å². The second-order valence-corrected chi connectivity index (χ2v) is 5.65. The molecule has 0 saturated carbocycles. The largest absolute Gasteiger partial charge is 0.493 e. The smallest absolute Gasteiger partial charge is 0.183 e. The van der Waals surface area contributed by atoms with E-state index in [-0.39, 0.29) is 0 Å². The Morgan fingerprint density at radius 3 is 2.90 bits per heavy atom. The molecule has 20 heavy (non-hydrogen) atoms. The fraction of sp³-hybridized carbons (Fsp3) is 0.667. The van der Waals surface area contributed by atoms with Crippen LogP contribution >= 0.6 is 0 Å². The number of hydrogen-bond acceptors (Lipinski definition) is 5. The summed E-state index contributed by atoms with van der Waals surface area (Å²) >= 11 is 0. The van der Waals surface area contributed by atoms with Gasteiger partial charge in [-0.1, -0.05) is 0 Å². The summed E-state index contributed by atoms with van der Waals surface area (Å²) in [5.41, 5.74) is 0.963. The van der Waals surface area contributed by atoms with Gasteiger partial charge in [-0.3, -0.25) is 9.88 Å². The van der Waals surface area contributed by atoms with Crippen LogP contribution in [0.2, 0.25) is 0 Å². The maximum Gasteiger partial charge on any atom is 0.183 e. The lowest BCUT2D eigenvalue weighted by Crippen LogP contribution is -2.35. The van der Waals surface area contributed by atoms with Gasteiger partial charge in [0.2, 0.25) is 0 Å². The molecule has 0 spiro atoms. The molecule has 2 atom stereocenters. The van der Waals surface area contributed by atoms with Crippen LogP contribution < -0.4 is 14.8 Å². The lowest BCUT2D eigenvalue weighted by molar-refractivity contribution is 0.242. The summed E-state index contributed by atoms with van der Waals surface area (Å²) in [5.74, 6) is 1.52. The summed E-state index contributed by atoms with van der Waals surface area (Å²) in [5, 5.41) is 3.70. The first kappa shape index (κ1) is 13.6. The predicted molar refractivity (Wildman–Crippen MR) is 77.2 cm³/mol.